The fourth-order valence-corrected chi connectivity index (χ4v) is 3.21. The van der Waals surface area contributed by atoms with E-state index in [0.29, 0.717) is 0 Å². The third-order valence-electron chi connectivity index (χ3n) is 2.88. The smallest absolute Gasteiger partial charge is 0.267 e. The van der Waals surface area contributed by atoms with Crippen LogP contribution in [0.25, 0.3) is 15.8 Å². The molecule has 0 fully saturated rings. The molecule has 0 saturated carbocycles. The van der Waals surface area contributed by atoms with Crippen LogP contribution in [-0.4, -0.2) is 3.96 Å². The van der Waals surface area contributed by atoms with Crippen molar-refractivity contribution in [1.29, 1.82) is 0 Å². The van der Waals surface area contributed by atoms with Crippen LogP contribution < -0.4 is 5.56 Å². The zero-order valence-corrected chi connectivity index (χ0v) is 12.1. The lowest BCUT2D eigenvalue weighted by molar-refractivity contribution is 1.14. The molecule has 1 aromatic heterocycles. The number of aryl methyl sites for hydroxylation is 1. The molecule has 2 nitrogen and oxygen atoms in total. The minimum absolute atomic E-state index is 0.0475. The van der Waals surface area contributed by atoms with Gasteiger partial charge in [-0.2, -0.15) is 0 Å². The summed E-state index contributed by atoms with van der Waals surface area (Å²) < 4.78 is 3.76. The van der Waals surface area contributed by atoms with E-state index in [9.17, 15) is 4.79 Å². The van der Waals surface area contributed by atoms with Crippen molar-refractivity contribution >= 4 is 37.5 Å². The first-order valence-corrected chi connectivity index (χ1v) is 7.11. The van der Waals surface area contributed by atoms with Crippen LogP contribution in [0, 0.1) is 6.92 Å². The van der Waals surface area contributed by atoms with Gasteiger partial charge in [-0.3, -0.25) is 4.79 Å². The summed E-state index contributed by atoms with van der Waals surface area (Å²) in [6, 6.07) is 13.6. The molecular formula is C14H10BrNOS. The molecule has 0 radical (unpaired) electrons. The summed E-state index contributed by atoms with van der Waals surface area (Å²) in [5, 5.41) is 0.777. The van der Waals surface area contributed by atoms with Gasteiger partial charge in [0.15, 0.2) is 0 Å². The van der Waals surface area contributed by atoms with E-state index in [1.165, 1.54) is 11.5 Å². The number of halogens is 1. The van der Waals surface area contributed by atoms with E-state index in [0.717, 1.165) is 25.8 Å². The first-order valence-electron chi connectivity index (χ1n) is 5.54. The maximum Gasteiger partial charge on any atom is 0.273 e. The topological polar surface area (TPSA) is 22.0 Å². The normalized spacial score (nSPS) is 11.0. The van der Waals surface area contributed by atoms with Gasteiger partial charge in [0.25, 0.3) is 5.56 Å². The largest absolute Gasteiger partial charge is 0.273 e. The summed E-state index contributed by atoms with van der Waals surface area (Å²) in [7, 11) is 0. The Morgan fingerprint density at radius 2 is 1.94 bits per heavy atom. The first-order chi connectivity index (χ1) is 8.66. The van der Waals surface area contributed by atoms with E-state index in [1.807, 2.05) is 49.4 Å². The third kappa shape index (κ3) is 1.82. The van der Waals surface area contributed by atoms with Crippen LogP contribution in [0.5, 0.6) is 0 Å². The minimum Gasteiger partial charge on any atom is -0.267 e. The highest BCUT2D eigenvalue weighted by Gasteiger charge is 2.09. The average molecular weight is 320 g/mol. The Balaban J connectivity index is 2.28. The molecule has 0 unspecified atom stereocenters. The second-order valence-electron chi connectivity index (χ2n) is 4.12. The molecule has 2 aromatic carbocycles. The Morgan fingerprint density at radius 1 is 1.17 bits per heavy atom. The van der Waals surface area contributed by atoms with Crippen LogP contribution in [0.4, 0.5) is 0 Å². The van der Waals surface area contributed by atoms with Gasteiger partial charge in [-0.1, -0.05) is 45.7 Å². The van der Waals surface area contributed by atoms with E-state index in [-0.39, 0.29) is 5.56 Å². The quantitative estimate of drug-likeness (QED) is 0.661. The van der Waals surface area contributed by atoms with Crippen molar-refractivity contribution in [3.63, 3.8) is 0 Å². The van der Waals surface area contributed by atoms with Gasteiger partial charge in [0, 0.05) is 4.47 Å². The van der Waals surface area contributed by atoms with Crippen molar-refractivity contribution < 1.29 is 0 Å². The summed E-state index contributed by atoms with van der Waals surface area (Å²) in [4.78, 5) is 12.3. The molecular weight excluding hydrogens is 310 g/mol. The van der Waals surface area contributed by atoms with E-state index >= 15 is 0 Å². The van der Waals surface area contributed by atoms with Gasteiger partial charge in [-0.25, -0.2) is 3.96 Å². The van der Waals surface area contributed by atoms with Gasteiger partial charge < -0.3 is 0 Å². The molecule has 0 amide bonds. The van der Waals surface area contributed by atoms with E-state index in [2.05, 4.69) is 15.9 Å². The molecule has 0 spiro atoms. The van der Waals surface area contributed by atoms with Gasteiger partial charge in [0.05, 0.1) is 15.8 Å². The van der Waals surface area contributed by atoms with Gasteiger partial charge in [-0.15, -0.1) is 0 Å². The van der Waals surface area contributed by atoms with Crippen LogP contribution >= 0.6 is 27.5 Å². The van der Waals surface area contributed by atoms with Gasteiger partial charge in [0.2, 0.25) is 0 Å². The zero-order valence-electron chi connectivity index (χ0n) is 9.68. The molecule has 4 heteroatoms. The maximum absolute atomic E-state index is 12.3. The number of fused-ring (bicyclic) bond motifs is 1. The van der Waals surface area contributed by atoms with Crippen molar-refractivity contribution in [2.24, 2.45) is 0 Å². The highest BCUT2D eigenvalue weighted by Crippen LogP contribution is 2.23. The lowest BCUT2D eigenvalue weighted by atomic mass is 10.2. The second-order valence-corrected chi connectivity index (χ2v) is 5.96. The van der Waals surface area contributed by atoms with Crippen molar-refractivity contribution in [1.82, 2.24) is 3.96 Å². The molecule has 18 heavy (non-hydrogen) atoms. The Hall–Kier alpha value is -1.39. The average Bonchev–Trinajstić information content (AvgIpc) is 2.71. The molecule has 90 valence electrons. The molecule has 0 atom stereocenters. The van der Waals surface area contributed by atoms with Crippen molar-refractivity contribution in [3.05, 3.63) is 62.9 Å². The SMILES string of the molecule is Cc1ccc(-n2sc3ccccc3c2=O)cc1Br. The van der Waals surface area contributed by atoms with E-state index in [1.54, 1.807) is 3.96 Å². The second kappa shape index (κ2) is 4.37. The Labute approximate surface area is 117 Å². The summed E-state index contributed by atoms with van der Waals surface area (Å²) >= 11 is 4.98. The van der Waals surface area contributed by atoms with Crippen molar-refractivity contribution in [2.45, 2.75) is 6.92 Å². The Bertz CT molecular complexity index is 788. The van der Waals surface area contributed by atoms with Crippen LogP contribution in [0.3, 0.4) is 0 Å². The lowest BCUT2D eigenvalue weighted by Crippen LogP contribution is -2.10. The molecule has 0 saturated heterocycles. The summed E-state index contributed by atoms with van der Waals surface area (Å²) in [6.07, 6.45) is 0. The minimum atomic E-state index is 0.0475. The number of rotatable bonds is 1. The molecule has 0 aliphatic carbocycles. The number of nitrogens with zero attached hydrogens (tertiary/aromatic N) is 1. The molecule has 0 aliphatic heterocycles. The number of benzene rings is 2. The van der Waals surface area contributed by atoms with Gasteiger partial charge >= 0.3 is 0 Å². The van der Waals surface area contributed by atoms with Gasteiger partial charge in [-0.05, 0) is 36.8 Å². The number of aromatic nitrogens is 1. The number of hydrogen-bond acceptors (Lipinski definition) is 2. The lowest BCUT2D eigenvalue weighted by Gasteiger charge is -2.03. The highest BCUT2D eigenvalue weighted by atomic mass is 79.9. The molecule has 0 aliphatic rings. The standard InChI is InChI=1S/C14H10BrNOS/c1-9-6-7-10(8-12(9)15)16-14(17)11-4-2-3-5-13(11)18-16/h2-8H,1H3. The highest BCUT2D eigenvalue weighted by molar-refractivity contribution is 9.10. The van der Waals surface area contributed by atoms with Crippen molar-refractivity contribution in [2.75, 3.05) is 0 Å². The fraction of sp³-hybridized carbons (Fsp3) is 0.0714. The summed E-state index contributed by atoms with van der Waals surface area (Å²) in [5.41, 5.74) is 2.11. The maximum atomic E-state index is 12.3. The number of hydrogen-bond donors (Lipinski definition) is 0. The van der Waals surface area contributed by atoms with Crippen LogP contribution in [0.2, 0.25) is 0 Å². The molecule has 0 bridgehead atoms. The molecule has 3 rings (SSSR count). The van der Waals surface area contributed by atoms with Crippen LogP contribution in [-0.2, 0) is 0 Å². The van der Waals surface area contributed by atoms with Gasteiger partial charge in [0.1, 0.15) is 0 Å². The first kappa shape index (κ1) is 11.7. The van der Waals surface area contributed by atoms with Crippen LogP contribution in [0.15, 0.2) is 51.7 Å². The predicted octanol–water partition coefficient (Wildman–Crippen LogP) is 4.12. The fourth-order valence-electron chi connectivity index (χ4n) is 1.85. The van der Waals surface area contributed by atoms with E-state index < -0.39 is 0 Å². The van der Waals surface area contributed by atoms with Crippen molar-refractivity contribution in [3.8, 4) is 5.69 Å². The van der Waals surface area contributed by atoms with E-state index in [4.69, 9.17) is 0 Å². The molecule has 0 N–H and O–H groups in total. The predicted molar refractivity (Wildman–Crippen MR) is 79.9 cm³/mol. The molecule has 3 aromatic rings. The monoisotopic (exact) mass is 319 g/mol. The summed E-state index contributed by atoms with van der Waals surface area (Å²) in [6.45, 7) is 2.03. The Morgan fingerprint density at radius 3 is 2.67 bits per heavy atom. The van der Waals surface area contributed by atoms with Crippen LogP contribution in [0.1, 0.15) is 5.56 Å². The third-order valence-corrected chi connectivity index (χ3v) is 4.85. The zero-order chi connectivity index (χ0) is 12.7. The molecule has 1 heterocycles. The Kier molecular flexibility index (Phi) is 2.84. The summed E-state index contributed by atoms with van der Waals surface area (Å²) in [5.74, 6) is 0.